The van der Waals surface area contributed by atoms with Crippen LogP contribution in [-0.4, -0.2) is 12.1 Å². The van der Waals surface area contributed by atoms with Gasteiger partial charge in [0.05, 0.1) is 12.0 Å². The summed E-state index contributed by atoms with van der Waals surface area (Å²) in [6.45, 7) is 2.34. The lowest BCUT2D eigenvalue weighted by Crippen LogP contribution is -2.42. The van der Waals surface area contributed by atoms with Crippen molar-refractivity contribution in [3.05, 3.63) is 0 Å². The number of nitrogens with zero attached hydrogens (tertiary/aromatic N) is 1. The van der Waals surface area contributed by atoms with E-state index in [9.17, 15) is 0 Å². The molecule has 2 rings (SSSR count). The Hall–Kier alpha value is -0.550. The maximum atomic E-state index is 9.11. The van der Waals surface area contributed by atoms with E-state index in [1.165, 1.54) is 51.4 Å². The molecule has 0 spiro atoms. The van der Waals surface area contributed by atoms with Gasteiger partial charge in [0.25, 0.3) is 0 Å². The molecule has 3 atom stereocenters. The fourth-order valence-electron chi connectivity index (χ4n) is 3.60. The van der Waals surface area contributed by atoms with Crippen LogP contribution < -0.4 is 5.32 Å². The van der Waals surface area contributed by atoms with E-state index in [0.29, 0.717) is 12.1 Å². The predicted octanol–water partition coefficient (Wildman–Crippen LogP) is 3.63. The van der Waals surface area contributed by atoms with E-state index in [1.54, 1.807) is 0 Å². The molecule has 2 aliphatic carbocycles. The average molecular weight is 234 g/mol. The quantitative estimate of drug-likeness (QED) is 0.757. The van der Waals surface area contributed by atoms with E-state index in [2.05, 4.69) is 18.3 Å². The highest BCUT2D eigenvalue weighted by molar-refractivity contribution is 4.97. The molecule has 2 saturated carbocycles. The first-order valence-corrected chi connectivity index (χ1v) is 7.47. The van der Waals surface area contributed by atoms with E-state index >= 15 is 0 Å². The van der Waals surface area contributed by atoms with Gasteiger partial charge < -0.3 is 5.32 Å². The second-order valence-corrected chi connectivity index (χ2v) is 5.98. The van der Waals surface area contributed by atoms with Gasteiger partial charge in [-0.15, -0.1) is 0 Å². The zero-order valence-electron chi connectivity index (χ0n) is 11.1. The molecule has 0 aromatic heterocycles. The van der Waals surface area contributed by atoms with Gasteiger partial charge >= 0.3 is 0 Å². The maximum Gasteiger partial charge on any atom is 0.0672 e. The maximum absolute atomic E-state index is 9.11. The predicted molar refractivity (Wildman–Crippen MR) is 70.5 cm³/mol. The molecule has 0 saturated heterocycles. The van der Waals surface area contributed by atoms with Crippen molar-refractivity contribution in [1.82, 2.24) is 5.32 Å². The minimum Gasteiger partial charge on any atom is -0.310 e. The van der Waals surface area contributed by atoms with Crippen molar-refractivity contribution in [3.8, 4) is 6.07 Å². The molecule has 1 N–H and O–H groups in total. The number of rotatable bonds is 3. The van der Waals surface area contributed by atoms with E-state index in [0.717, 1.165) is 12.3 Å². The Morgan fingerprint density at radius 2 is 1.71 bits per heavy atom. The van der Waals surface area contributed by atoms with Crippen molar-refractivity contribution in [3.63, 3.8) is 0 Å². The highest BCUT2D eigenvalue weighted by Crippen LogP contribution is 2.29. The Morgan fingerprint density at radius 1 is 1.00 bits per heavy atom. The van der Waals surface area contributed by atoms with Crippen LogP contribution >= 0.6 is 0 Å². The van der Waals surface area contributed by atoms with Gasteiger partial charge in [-0.05, 0) is 38.5 Å². The van der Waals surface area contributed by atoms with Crippen LogP contribution in [0.4, 0.5) is 0 Å². The number of hydrogen-bond acceptors (Lipinski definition) is 2. The summed E-state index contributed by atoms with van der Waals surface area (Å²) in [5, 5.41) is 12.9. The van der Waals surface area contributed by atoms with Crippen molar-refractivity contribution in [2.45, 2.75) is 76.8 Å². The lowest BCUT2D eigenvalue weighted by molar-refractivity contribution is 0.296. The molecule has 96 valence electrons. The van der Waals surface area contributed by atoms with E-state index in [-0.39, 0.29) is 5.92 Å². The summed E-state index contributed by atoms with van der Waals surface area (Å²) in [6, 6.07) is 3.55. The summed E-state index contributed by atoms with van der Waals surface area (Å²) in [7, 11) is 0. The second-order valence-electron chi connectivity index (χ2n) is 5.98. The minimum atomic E-state index is 0.267. The number of hydrogen-bond donors (Lipinski definition) is 1. The summed E-state index contributed by atoms with van der Waals surface area (Å²) >= 11 is 0. The van der Waals surface area contributed by atoms with Crippen molar-refractivity contribution < 1.29 is 0 Å². The fraction of sp³-hybridized carbons (Fsp3) is 0.933. The van der Waals surface area contributed by atoms with Crippen LogP contribution in [0.5, 0.6) is 0 Å². The number of nitriles is 1. The Bertz CT molecular complexity index is 261. The van der Waals surface area contributed by atoms with Crippen molar-refractivity contribution in [2.75, 3.05) is 0 Å². The van der Waals surface area contributed by atoms with E-state index in [4.69, 9.17) is 5.26 Å². The molecule has 2 nitrogen and oxygen atoms in total. The summed E-state index contributed by atoms with van der Waals surface area (Å²) < 4.78 is 0. The Morgan fingerprint density at radius 3 is 2.35 bits per heavy atom. The van der Waals surface area contributed by atoms with Gasteiger partial charge in [0, 0.05) is 12.1 Å². The molecule has 2 fully saturated rings. The standard InChI is InChI=1S/C15H26N2/c1-12(13-7-4-2-3-5-8-13)17-15-10-6-9-14(15)11-16/h12-15,17H,2-10H2,1H3/t12-,14?,15?/m0/s1. The monoisotopic (exact) mass is 234 g/mol. The summed E-state index contributed by atoms with van der Waals surface area (Å²) in [6.07, 6.45) is 12.0. The molecule has 17 heavy (non-hydrogen) atoms. The van der Waals surface area contributed by atoms with Crippen LogP contribution in [0.15, 0.2) is 0 Å². The van der Waals surface area contributed by atoms with Crippen LogP contribution in [0.2, 0.25) is 0 Å². The van der Waals surface area contributed by atoms with Crippen molar-refractivity contribution >= 4 is 0 Å². The van der Waals surface area contributed by atoms with E-state index in [1.807, 2.05) is 0 Å². The van der Waals surface area contributed by atoms with E-state index < -0.39 is 0 Å². The van der Waals surface area contributed by atoms with Gasteiger partial charge in [0.1, 0.15) is 0 Å². The normalized spacial score (nSPS) is 32.9. The zero-order valence-corrected chi connectivity index (χ0v) is 11.1. The van der Waals surface area contributed by atoms with Crippen LogP contribution in [-0.2, 0) is 0 Å². The first kappa shape index (κ1) is 12.9. The molecular weight excluding hydrogens is 208 g/mol. The van der Waals surface area contributed by atoms with Crippen molar-refractivity contribution in [2.24, 2.45) is 11.8 Å². The third-order valence-corrected chi connectivity index (χ3v) is 4.77. The molecule has 0 heterocycles. The first-order valence-electron chi connectivity index (χ1n) is 7.47. The molecule has 0 aromatic carbocycles. The molecule has 2 heteroatoms. The van der Waals surface area contributed by atoms with Gasteiger partial charge in [0.15, 0.2) is 0 Å². The topological polar surface area (TPSA) is 35.8 Å². The van der Waals surface area contributed by atoms with Gasteiger partial charge in [-0.1, -0.05) is 32.1 Å². The smallest absolute Gasteiger partial charge is 0.0672 e. The van der Waals surface area contributed by atoms with Gasteiger partial charge in [-0.3, -0.25) is 0 Å². The fourth-order valence-corrected chi connectivity index (χ4v) is 3.60. The largest absolute Gasteiger partial charge is 0.310 e. The summed E-state index contributed by atoms with van der Waals surface area (Å²) in [5.41, 5.74) is 0. The Balaban J connectivity index is 1.83. The lowest BCUT2D eigenvalue weighted by atomic mass is 9.91. The molecule has 2 aliphatic rings. The van der Waals surface area contributed by atoms with Crippen LogP contribution in [0.25, 0.3) is 0 Å². The third-order valence-electron chi connectivity index (χ3n) is 4.77. The van der Waals surface area contributed by atoms with Gasteiger partial charge in [0.2, 0.25) is 0 Å². The minimum absolute atomic E-state index is 0.267. The zero-order chi connectivity index (χ0) is 12.1. The summed E-state index contributed by atoms with van der Waals surface area (Å²) in [4.78, 5) is 0. The molecule has 2 unspecified atom stereocenters. The van der Waals surface area contributed by atoms with Crippen LogP contribution in [0.3, 0.4) is 0 Å². The highest BCUT2D eigenvalue weighted by atomic mass is 15.0. The third kappa shape index (κ3) is 3.45. The Labute approximate surface area is 106 Å². The molecular formula is C15H26N2. The van der Waals surface area contributed by atoms with Crippen LogP contribution in [0.1, 0.15) is 64.7 Å². The Kier molecular flexibility index (Phi) is 4.86. The molecule has 0 radical (unpaired) electrons. The SMILES string of the molecule is C[C@H](NC1CCCC1C#N)C1CCCCCC1. The van der Waals surface area contributed by atoms with Gasteiger partial charge in [-0.2, -0.15) is 5.26 Å². The molecule has 0 bridgehead atoms. The average Bonchev–Trinajstić information content (AvgIpc) is 2.62. The first-order chi connectivity index (χ1) is 8.31. The second kappa shape index (κ2) is 6.40. The summed E-state index contributed by atoms with van der Waals surface area (Å²) in [5.74, 6) is 1.11. The van der Waals surface area contributed by atoms with Gasteiger partial charge in [-0.25, -0.2) is 0 Å². The number of nitrogens with one attached hydrogen (secondary N) is 1. The van der Waals surface area contributed by atoms with Crippen LogP contribution in [0, 0.1) is 23.2 Å². The highest BCUT2D eigenvalue weighted by Gasteiger charge is 2.30. The molecule has 0 amide bonds. The lowest BCUT2D eigenvalue weighted by Gasteiger charge is -2.28. The van der Waals surface area contributed by atoms with Crippen molar-refractivity contribution in [1.29, 1.82) is 5.26 Å². The molecule has 0 aliphatic heterocycles. The molecule has 0 aromatic rings.